The third-order valence-electron chi connectivity index (χ3n) is 9.04. The Bertz CT molecular complexity index is 1390. The standard InChI is InChI=1S/C21H29N7O2.C11H16ClN5O2/c1-2-4-18(5-3-1)25-6-8-26(9-7-25)19-22-20(27-10-14-29-15-11-27)24-21(23-19)28-12-16-30-17-13-28;12-9-13-10(16-1-5-18-6-2-16)15-11(14-9)17-3-7-19-8-4-17/h1-5H,6-17H2;1-8H2. The van der Waals surface area contributed by atoms with Gasteiger partial charge in [-0.15, -0.1) is 0 Å². The first-order chi connectivity index (χ1) is 24.2. The molecule has 0 atom stereocenters. The fourth-order valence-electron chi connectivity index (χ4n) is 6.24. The van der Waals surface area contributed by atoms with E-state index >= 15 is 0 Å². The van der Waals surface area contributed by atoms with Crippen LogP contribution in [0.15, 0.2) is 30.3 Å². The van der Waals surface area contributed by atoms with E-state index in [1.165, 1.54) is 5.69 Å². The third-order valence-corrected chi connectivity index (χ3v) is 9.21. The zero-order chi connectivity index (χ0) is 33.3. The van der Waals surface area contributed by atoms with Gasteiger partial charge in [-0.05, 0) is 23.7 Å². The highest BCUT2D eigenvalue weighted by Crippen LogP contribution is 2.24. The largest absolute Gasteiger partial charge is 0.378 e. The summed E-state index contributed by atoms with van der Waals surface area (Å²) in [5.41, 5.74) is 1.27. The Morgan fingerprint density at radius 3 is 1.00 bits per heavy atom. The fourth-order valence-corrected chi connectivity index (χ4v) is 6.39. The minimum Gasteiger partial charge on any atom is -0.378 e. The highest BCUT2D eigenvalue weighted by Gasteiger charge is 2.25. The van der Waals surface area contributed by atoms with Crippen molar-refractivity contribution < 1.29 is 18.9 Å². The summed E-state index contributed by atoms with van der Waals surface area (Å²) in [7, 11) is 0. The van der Waals surface area contributed by atoms with Crippen LogP contribution in [0.2, 0.25) is 5.28 Å². The first-order valence-electron chi connectivity index (χ1n) is 17.2. The van der Waals surface area contributed by atoms with E-state index in [-0.39, 0.29) is 5.28 Å². The summed E-state index contributed by atoms with van der Waals surface area (Å²) < 4.78 is 21.7. The van der Waals surface area contributed by atoms with Crippen molar-refractivity contribution in [2.75, 3.05) is 161 Å². The van der Waals surface area contributed by atoms with Crippen LogP contribution in [-0.2, 0) is 18.9 Å². The minimum absolute atomic E-state index is 0.234. The first-order valence-corrected chi connectivity index (χ1v) is 17.6. The van der Waals surface area contributed by atoms with E-state index in [0.717, 1.165) is 96.4 Å². The normalized spacial score (nSPS) is 20.6. The zero-order valence-electron chi connectivity index (χ0n) is 27.9. The molecule has 0 unspecified atom stereocenters. The SMILES string of the molecule is Clc1nc(N2CCOCC2)nc(N2CCOCC2)n1.c1ccc(N2CCN(c3nc(N4CCOCC4)nc(N4CCOCC4)n3)CC2)cc1. The van der Waals surface area contributed by atoms with Crippen molar-refractivity contribution in [3.05, 3.63) is 35.6 Å². The second-order valence-electron chi connectivity index (χ2n) is 12.1. The van der Waals surface area contributed by atoms with Crippen molar-refractivity contribution in [1.82, 2.24) is 29.9 Å². The summed E-state index contributed by atoms with van der Waals surface area (Å²) >= 11 is 6.01. The van der Waals surface area contributed by atoms with Gasteiger partial charge in [0.15, 0.2) is 0 Å². The van der Waals surface area contributed by atoms with Crippen LogP contribution in [0.3, 0.4) is 0 Å². The second-order valence-corrected chi connectivity index (χ2v) is 12.5. The maximum absolute atomic E-state index is 6.01. The highest BCUT2D eigenvalue weighted by molar-refractivity contribution is 6.28. The van der Waals surface area contributed by atoms with Crippen LogP contribution in [0.5, 0.6) is 0 Å². The number of anilines is 6. The van der Waals surface area contributed by atoms with Gasteiger partial charge in [0.2, 0.25) is 35.0 Å². The third kappa shape index (κ3) is 8.86. The minimum atomic E-state index is 0.234. The molecule has 0 bridgehead atoms. The van der Waals surface area contributed by atoms with Gasteiger partial charge in [-0.25, -0.2) is 0 Å². The molecule has 0 N–H and O–H groups in total. The predicted octanol–water partition coefficient (Wildman–Crippen LogP) is 1.07. The molecule has 49 heavy (non-hydrogen) atoms. The summed E-state index contributed by atoms with van der Waals surface area (Å²) in [6.07, 6.45) is 0. The van der Waals surface area contributed by atoms with E-state index in [0.29, 0.717) is 64.8 Å². The quantitative estimate of drug-likeness (QED) is 0.363. The van der Waals surface area contributed by atoms with Gasteiger partial charge in [0.25, 0.3) is 0 Å². The number of benzene rings is 1. The molecule has 17 heteroatoms. The van der Waals surface area contributed by atoms with Gasteiger partial charge in [0, 0.05) is 84.2 Å². The number of ether oxygens (including phenoxy) is 4. The average molecular weight is 697 g/mol. The van der Waals surface area contributed by atoms with Gasteiger partial charge in [0.05, 0.1) is 52.9 Å². The van der Waals surface area contributed by atoms with Gasteiger partial charge in [0.1, 0.15) is 0 Å². The van der Waals surface area contributed by atoms with Crippen molar-refractivity contribution in [1.29, 1.82) is 0 Å². The number of aromatic nitrogens is 6. The van der Waals surface area contributed by atoms with E-state index in [1.54, 1.807) is 0 Å². The summed E-state index contributed by atoms with van der Waals surface area (Å²) in [4.78, 5) is 40.8. The Balaban J connectivity index is 0.000000171. The van der Waals surface area contributed by atoms with Crippen LogP contribution in [-0.4, -0.2) is 161 Å². The first kappa shape index (κ1) is 33.7. The van der Waals surface area contributed by atoms with E-state index in [4.69, 9.17) is 45.5 Å². The lowest BCUT2D eigenvalue weighted by Gasteiger charge is -2.37. The molecular weight excluding hydrogens is 652 g/mol. The highest BCUT2D eigenvalue weighted by atomic mass is 35.5. The number of morpholine rings is 4. The molecule has 16 nitrogen and oxygen atoms in total. The van der Waals surface area contributed by atoms with E-state index in [1.807, 2.05) is 0 Å². The molecule has 7 heterocycles. The number of nitrogens with zero attached hydrogens (tertiary/aromatic N) is 12. The van der Waals surface area contributed by atoms with E-state index < -0.39 is 0 Å². The van der Waals surface area contributed by atoms with Crippen LogP contribution in [0, 0.1) is 0 Å². The van der Waals surface area contributed by atoms with Crippen LogP contribution < -0.4 is 29.4 Å². The molecule has 0 aliphatic carbocycles. The number of halogens is 1. The Morgan fingerprint density at radius 2 is 0.653 bits per heavy atom. The molecule has 264 valence electrons. The van der Waals surface area contributed by atoms with Gasteiger partial charge >= 0.3 is 0 Å². The Kier molecular flexibility index (Phi) is 11.5. The second kappa shape index (κ2) is 16.7. The number of hydrogen-bond acceptors (Lipinski definition) is 16. The molecule has 8 rings (SSSR count). The molecule has 2 aromatic heterocycles. The lowest BCUT2D eigenvalue weighted by Crippen LogP contribution is -2.47. The van der Waals surface area contributed by atoms with Crippen molar-refractivity contribution in [3.63, 3.8) is 0 Å². The number of piperazine rings is 1. The van der Waals surface area contributed by atoms with Gasteiger partial charge < -0.3 is 48.3 Å². The molecule has 5 fully saturated rings. The Labute approximate surface area is 291 Å². The fraction of sp³-hybridized carbons (Fsp3) is 0.625. The monoisotopic (exact) mass is 696 g/mol. The van der Waals surface area contributed by atoms with Crippen molar-refractivity contribution in [2.45, 2.75) is 0 Å². The lowest BCUT2D eigenvalue weighted by atomic mass is 10.2. The molecule has 5 saturated heterocycles. The van der Waals surface area contributed by atoms with E-state index in [2.05, 4.69) is 74.7 Å². The molecule has 5 aliphatic rings. The maximum atomic E-state index is 6.01. The van der Waals surface area contributed by atoms with Crippen LogP contribution in [0.1, 0.15) is 0 Å². The van der Waals surface area contributed by atoms with Crippen molar-refractivity contribution >= 4 is 47.0 Å². The van der Waals surface area contributed by atoms with Gasteiger partial charge in [-0.1, -0.05) is 18.2 Å². The zero-order valence-corrected chi connectivity index (χ0v) is 28.7. The van der Waals surface area contributed by atoms with Crippen LogP contribution in [0.25, 0.3) is 0 Å². The smallest absolute Gasteiger partial charge is 0.232 e. The van der Waals surface area contributed by atoms with E-state index in [9.17, 15) is 0 Å². The Morgan fingerprint density at radius 1 is 0.367 bits per heavy atom. The lowest BCUT2D eigenvalue weighted by molar-refractivity contribution is 0.121. The molecule has 3 aromatic rings. The molecule has 0 saturated carbocycles. The average Bonchev–Trinajstić information content (AvgIpc) is 3.19. The topological polar surface area (TPSA) is 134 Å². The summed E-state index contributed by atoms with van der Waals surface area (Å²) in [6, 6.07) is 10.6. The molecule has 1 aromatic carbocycles. The Hall–Kier alpha value is -3.83. The van der Waals surface area contributed by atoms with Crippen molar-refractivity contribution in [3.8, 4) is 0 Å². The van der Waals surface area contributed by atoms with Gasteiger partial charge in [-0.2, -0.15) is 29.9 Å². The van der Waals surface area contributed by atoms with Gasteiger partial charge in [-0.3, -0.25) is 0 Å². The summed E-state index contributed by atoms with van der Waals surface area (Å²) in [5.74, 6) is 3.56. The molecule has 0 amide bonds. The van der Waals surface area contributed by atoms with Crippen LogP contribution >= 0.6 is 11.6 Å². The number of para-hydroxylation sites is 1. The maximum Gasteiger partial charge on any atom is 0.232 e. The molecule has 0 radical (unpaired) electrons. The summed E-state index contributed by atoms with van der Waals surface area (Å²) in [5, 5.41) is 0.234. The number of rotatable bonds is 6. The predicted molar refractivity (Wildman–Crippen MR) is 188 cm³/mol. The molecule has 0 spiro atoms. The van der Waals surface area contributed by atoms with Crippen molar-refractivity contribution in [2.24, 2.45) is 0 Å². The molecule has 5 aliphatic heterocycles. The van der Waals surface area contributed by atoms with Crippen LogP contribution in [0.4, 0.5) is 35.4 Å². The molecular formula is C32H45ClN12O4. The summed E-state index contributed by atoms with van der Waals surface area (Å²) in [6.45, 7) is 15.7. The number of hydrogen-bond donors (Lipinski definition) is 0.